The number of rotatable bonds is 8. The molecule has 21 heavy (non-hydrogen) atoms. The first-order valence-corrected chi connectivity index (χ1v) is 8.42. The Morgan fingerprint density at radius 3 is 2.57 bits per heavy atom. The minimum atomic E-state index is -3.59. The van der Waals surface area contributed by atoms with Gasteiger partial charge < -0.3 is 10.5 Å². The van der Waals surface area contributed by atoms with Crippen LogP contribution in [0, 0.1) is 13.8 Å². The van der Waals surface area contributed by atoms with Crippen molar-refractivity contribution in [3.05, 3.63) is 11.4 Å². The van der Waals surface area contributed by atoms with Crippen LogP contribution in [0.5, 0.6) is 0 Å². The monoisotopic (exact) mass is 318 g/mol. The molecule has 1 unspecified atom stereocenters. The molecule has 0 saturated heterocycles. The maximum Gasteiger partial charge on any atom is 0.246 e. The fourth-order valence-corrected chi connectivity index (χ4v) is 3.96. The van der Waals surface area contributed by atoms with Gasteiger partial charge in [0.2, 0.25) is 10.0 Å². The maximum atomic E-state index is 12.8. The van der Waals surface area contributed by atoms with E-state index in [9.17, 15) is 8.42 Å². The van der Waals surface area contributed by atoms with Crippen molar-refractivity contribution in [3.8, 4) is 0 Å². The summed E-state index contributed by atoms with van der Waals surface area (Å²) in [6, 6.07) is -0.244. The van der Waals surface area contributed by atoms with Gasteiger partial charge in [0.1, 0.15) is 4.90 Å². The fourth-order valence-electron chi connectivity index (χ4n) is 2.24. The van der Waals surface area contributed by atoms with Gasteiger partial charge in [0.05, 0.1) is 18.0 Å². The highest BCUT2D eigenvalue weighted by Crippen LogP contribution is 2.24. The predicted molar refractivity (Wildman–Crippen MR) is 81.7 cm³/mol. The number of likely N-dealkylation sites (N-methyl/N-ethyl adjacent to an activating group) is 1. The van der Waals surface area contributed by atoms with Gasteiger partial charge in [-0.25, -0.2) is 8.42 Å². The molecular weight excluding hydrogens is 292 g/mol. The van der Waals surface area contributed by atoms with Crippen molar-refractivity contribution in [3.63, 3.8) is 0 Å². The van der Waals surface area contributed by atoms with Gasteiger partial charge in [0.25, 0.3) is 0 Å². The van der Waals surface area contributed by atoms with Crippen LogP contribution in [0.3, 0.4) is 0 Å². The van der Waals surface area contributed by atoms with E-state index in [1.807, 2.05) is 6.92 Å². The fraction of sp³-hybridized carbons (Fsp3) is 0.769. The number of hydrogen-bond acceptors (Lipinski definition) is 5. The predicted octanol–water partition coefficient (Wildman–Crippen LogP) is 0.504. The molecule has 0 amide bonds. The number of hydrogen-bond donors (Lipinski definition) is 1. The Morgan fingerprint density at radius 1 is 1.43 bits per heavy atom. The van der Waals surface area contributed by atoms with Crippen molar-refractivity contribution < 1.29 is 13.2 Å². The van der Waals surface area contributed by atoms with E-state index in [1.54, 1.807) is 32.7 Å². The third-order valence-electron chi connectivity index (χ3n) is 3.55. The van der Waals surface area contributed by atoms with Crippen molar-refractivity contribution in [2.45, 2.75) is 44.7 Å². The summed E-state index contributed by atoms with van der Waals surface area (Å²) in [4.78, 5) is 0.282. The topological polar surface area (TPSA) is 90.5 Å². The normalized spacial score (nSPS) is 13.9. The van der Waals surface area contributed by atoms with Gasteiger partial charge in [0, 0.05) is 26.7 Å². The molecule has 1 aromatic rings. The molecule has 8 heteroatoms. The van der Waals surface area contributed by atoms with Crippen LogP contribution in [0.15, 0.2) is 4.90 Å². The third kappa shape index (κ3) is 3.82. The maximum absolute atomic E-state index is 12.8. The quantitative estimate of drug-likeness (QED) is 0.754. The first kappa shape index (κ1) is 18.1. The molecule has 122 valence electrons. The van der Waals surface area contributed by atoms with Crippen molar-refractivity contribution in [1.29, 1.82) is 0 Å². The van der Waals surface area contributed by atoms with E-state index in [0.717, 1.165) is 6.42 Å². The molecule has 2 N–H and O–H groups in total. The summed E-state index contributed by atoms with van der Waals surface area (Å²) in [5.74, 6) is 0. The van der Waals surface area contributed by atoms with Crippen LogP contribution < -0.4 is 5.73 Å². The summed E-state index contributed by atoms with van der Waals surface area (Å²) in [5.41, 5.74) is 6.66. The van der Waals surface area contributed by atoms with E-state index in [1.165, 1.54) is 4.31 Å². The van der Waals surface area contributed by atoms with Gasteiger partial charge in [-0.05, 0) is 33.7 Å². The van der Waals surface area contributed by atoms with E-state index >= 15 is 0 Å². The van der Waals surface area contributed by atoms with Crippen LogP contribution in [0.4, 0.5) is 0 Å². The van der Waals surface area contributed by atoms with Gasteiger partial charge in [0.15, 0.2) is 0 Å². The van der Waals surface area contributed by atoms with Gasteiger partial charge >= 0.3 is 0 Å². The molecule has 1 aromatic heterocycles. The molecule has 1 heterocycles. The SMILES string of the molecule is COCC(C)N(C)S(=O)(=O)c1c(C)nn(CCCN)c1C. The van der Waals surface area contributed by atoms with E-state index in [-0.39, 0.29) is 10.9 Å². The van der Waals surface area contributed by atoms with Crippen LogP contribution >= 0.6 is 0 Å². The lowest BCUT2D eigenvalue weighted by molar-refractivity contribution is 0.149. The average Bonchev–Trinajstić information content (AvgIpc) is 2.70. The first-order valence-electron chi connectivity index (χ1n) is 6.98. The molecule has 7 nitrogen and oxygen atoms in total. The zero-order valence-electron chi connectivity index (χ0n) is 13.5. The highest BCUT2D eigenvalue weighted by molar-refractivity contribution is 7.89. The summed E-state index contributed by atoms with van der Waals surface area (Å²) >= 11 is 0. The lowest BCUT2D eigenvalue weighted by Gasteiger charge is -2.23. The number of aromatic nitrogens is 2. The lowest BCUT2D eigenvalue weighted by atomic mass is 10.4. The second kappa shape index (κ2) is 7.35. The van der Waals surface area contributed by atoms with Gasteiger partial charge in [-0.2, -0.15) is 9.40 Å². The van der Waals surface area contributed by atoms with Crippen molar-refractivity contribution >= 4 is 10.0 Å². The Balaban J connectivity index is 3.17. The van der Waals surface area contributed by atoms with E-state index < -0.39 is 10.0 Å². The molecule has 1 rings (SSSR count). The van der Waals surface area contributed by atoms with Crippen LogP contribution in [-0.2, 0) is 21.3 Å². The molecule has 0 aliphatic rings. The minimum absolute atomic E-state index is 0.244. The zero-order valence-corrected chi connectivity index (χ0v) is 14.3. The summed E-state index contributed by atoms with van der Waals surface area (Å²) in [5, 5.41) is 4.33. The Morgan fingerprint density at radius 2 is 2.05 bits per heavy atom. The molecule has 0 radical (unpaired) electrons. The smallest absolute Gasteiger partial charge is 0.246 e. The lowest BCUT2D eigenvalue weighted by Crippen LogP contribution is -2.38. The first-order chi connectivity index (χ1) is 9.77. The van der Waals surface area contributed by atoms with Crippen LogP contribution in [0.2, 0.25) is 0 Å². The number of methoxy groups -OCH3 is 1. The van der Waals surface area contributed by atoms with Crippen LogP contribution in [-0.4, -0.2) is 55.9 Å². The Kier molecular flexibility index (Phi) is 6.33. The van der Waals surface area contributed by atoms with Crippen molar-refractivity contribution in [2.75, 3.05) is 27.3 Å². The Hall–Kier alpha value is -0.960. The second-order valence-corrected chi connectivity index (χ2v) is 7.13. The van der Waals surface area contributed by atoms with E-state index in [0.29, 0.717) is 31.1 Å². The van der Waals surface area contributed by atoms with Crippen molar-refractivity contribution in [1.82, 2.24) is 14.1 Å². The van der Waals surface area contributed by atoms with Gasteiger partial charge in [-0.15, -0.1) is 0 Å². The highest BCUT2D eigenvalue weighted by atomic mass is 32.2. The van der Waals surface area contributed by atoms with E-state index in [2.05, 4.69) is 5.10 Å². The summed E-state index contributed by atoms with van der Waals surface area (Å²) in [7, 11) is -0.469. The second-order valence-electron chi connectivity index (χ2n) is 5.19. The number of nitrogens with zero attached hydrogens (tertiary/aromatic N) is 3. The molecule has 0 spiro atoms. The van der Waals surface area contributed by atoms with E-state index in [4.69, 9.17) is 10.5 Å². The number of sulfonamides is 1. The molecule has 0 fully saturated rings. The number of ether oxygens (including phenoxy) is 1. The zero-order chi connectivity index (χ0) is 16.2. The molecule has 0 saturated carbocycles. The summed E-state index contributed by atoms with van der Waals surface area (Å²) in [6.07, 6.45) is 0.761. The summed E-state index contributed by atoms with van der Waals surface area (Å²) < 4.78 is 33.6. The van der Waals surface area contributed by atoms with Gasteiger partial charge in [-0.1, -0.05) is 0 Å². The third-order valence-corrected chi connectivity index (χ3v) is 5.78. The molecule has 0 aliphatic carbocycles. The summed E-state index contributed by atoms with van der Waals surface area (Å²) in [6.45, 7) is 6.81. The number of aryl methyl sites for hydroxylation is 2. The van der Waals surface area contributed by atoms with Crippen LogP contribution in [0.1, 0.15) is 24.7 Å². The molecule has 0 aliphatic heterocycles. The van der Waals surface area contributed by atoms with Crippen molar-refractivity contribution in [2.24, 2.45) is 5.73 Å². The molecule has 0 aromatic carbocycles. The highest BCUT2D eigenvalue weighted by Gasteiger charge is 2.31. The number of nitrogens with two attached hydrogens (primary N) is 1. The average molecular weight is 318 g/mol. The van der Waals surface area contributed by atoms with Crippen LogP contribution in [0.25, 0.3) is 0 Å². The molecule has 1 atom stereocenters. The Bertz CT molecular complexity index is 568. The minimum Gasteiger partial charge on any atom is -0.383 e. The molecule has 0 bridgehead atoms. The largest absolute Gasteiger partial charge is 0.383 e. The standard InChI is InChI=1S/C13H26N4O3S/c1-10(9-20-5)16(4)21(18,19)13-11(2)15-17(12(13)3)8-6-7-14/h10H,6-9,14H2,1-5H3. The Labute approximate surface area is 127 Å². The molecular formula is C13H26N4O3S. The van der Waals surface area contributed by atoms with Gasteiger partial charge in [-0.3, -0.25) is 4.68 Å².